The zero-order chi connectivity index (χ0) is 13.7. The molecular formula is C14H12FIN2O. The van der Waals surface area contributed by atoms with Gasteiger partial charge in [0, 0.05) is 9.26 Å². The van der Waals surface area contributed by atoms with Gasteiger partial charge in [0.15, 0.2) is 0 Å². The molecule has 0 fully saturated rings. The van der Waals surface area contributed by atoms with E-state index in [2.05, 4.69) is 33.2 Å². The first-order valence-electron chi connectivity index (χ1n) is 5.69. The standard InChI is InChI=1S/C14H12FIN2O/c15-10-4-3-5-11(8-10)17-9-14(19)18-13-7-2-1-6-12(13)16/h1-8,17H,9H2,(H,18,19). The van der Waals surface area contributed by atoms with Crippen LogP contribution in [0.4, 0.5) is 15.8 Å². The highest BCUT2D eigenvalue weighted by atomic mass is 127. The molecule has 2 rings (SSSR count). The van der Waals surface area contributed by atoms with Gasteiger partial charge in [-0.25, -0.2) is 4.39 Å². The minimum absolute atomic E-state index is 0.0917. The molecule has 1 amide bonds. The number of amides is 1. The Morgan fingerprint density at radius 1 is 1.16 bits per heavy atom. The molecule has 0 bridgehead atoms. The van der Waals surface area contributed by atoms with E-state index in [9.17, 15) is 9.18 Å². The van der Waals surface area contributed by atoms with Crippen LogP contribution in [0.25, 0.3) is 0 Å². The molecule has 2 aromatic rings. The molecule has 0 aromatic heterocycles. The van der Waals surface area contributed by atoms with E-state index in [1.54, 1.807) is 12.1 Å². The predicted octanol–water partition coefficient (Wildman–Crippen LogP) is 3.48. The summed E-state index contributed by atoms with van der Waals surface area (Å²) in [5.74, 6) is -0.503. The molecule has 0 radical (unpaired) electrons. The number of nitrogens with one attached hydrogen (secondary N) is 2. The van der Waals surface area contributed by atoms with Crippen LogP contribution in [0.15, 0.2) is 48.5 Å². The second-order valence-electron chi connectivity index (χ2n) is 3.89. The summed E-state index contributed by atoms with van der Waals surface area (Å²) in [5, 5.41) is 5.66. The van der Waals surface area contributed by atoms with Crippen molar-refractivity contribution < 1.29 is 9.18 Å². The Morgan fingerprint density at radius 2 is 1.95 bits per heavy atom. The third-order valence-corrected chi connectivity index (χ3v) is 3.37. The van der Waals surface area contributed by atoms with Crippen molar-refractivity contribution in [3.63, 3.8) is 0 Å². The summed E-state index contributed by atoms with van der Waals surface area (Å²) in [7, 11) is 0. The van der Waals surface area contributed by atoms with Crippen LogP contribution >= 0.6 is 22.6 Å². The lowest BCUT2D eigenvalue weighted by Crippen LogP contribution is -2.22. The number of carbonyl (C=O) groups is 1. The average Bonchev–Trinajstić information content (AvgIpc) is 2.39. The zero-order valence-electron chi connectivity index (χ0n) is 9.99. The van der Waals surface area contributed by atoms with Gasteiger partial charge in [-0.3, -0.25) is 4.79 Å². The van der Waals surface area contributed by atoms with Crippen molar-refractivity contribution in [3.8, 4) is 0 Å². The van der Waals surface area contributed by atoms with Gasteiger partial charge in [0.05, 0.1) is 12.2 Å². The second kappa shape index (κ2) is 6.51. The highest BCUT2D eigenvalue weighted by Crippen LogP contribution is 2.16. The van der Waals surface area contributed by atoms with Gasteiger partial charge in [-0.15, -0.1) is 0 Å². The molecule has 0 aliphatic rings. The monoisotopic (exact) mass is 370 g/mol. The van der Waals surface area contributed by atoms with E-state index in [0.29, 0.717) is 5.69 Å². The highest BCUT2D eigenvalue weighted by Gasteiger charge is 2.04. The summed E-state index contributed by atoms with van der Waals surface area (Å²) >= 11 is 2.15. The molecule has 0 spiro atoms. The predicted molar refractivity (Wildman–Crippen MR) is 82.7 cm³/mol. The number of benzene rings is 2. The normalized spacial score (nSPS) is 10.0. The lowest BCUT2D eigenvalue weighted by atomic mass is 10.3. The Bertz CT molecular complexity index is 589. The molecule has 0 aliphatic carbocycles. The first-order chi connectivity index (χ1) is 9.15. The summed E-state index contributed by atoms with van der Waals surface area (Å²) in [5.41, 5.74) is 1.35. The maximum atomic E-state index is 12.9. The average molecular weight is 370 g/mol. The summed E-state index contributed by atoms with van der Waals surface area (Å²) in [6.45, 7) is 0.0917. The Kier molecular flexibility index (Phi) is 4.73. The van der Waals surface area contributed by atoms with Crippen LogP contribution < -0.4 is 10.6 Å². The molecule has 0 saturated heterocycles. The second-order valence-corrected chi connectivity index (χ2v) is 5.05. The quantitative estimate of drug-likeness (QED) is 0.810. The third-order valence-electron chi connectivity index (χ3n) is 2.43. The summed E-state index contributed by atoms with van der Waals surface area (Å²) < 4.78 is 13.9. The van der Waals surface area contributed by atoms with Crippen molar-refractivity contribution in [2.75, 3.05) is 17.2 Å². The van der Waals surface area contributed by atoms with E-state index < -0.39 is 0 Å². The van der Waals surface area contributed by atoms with Crippen molar-refractivity contribution in [2.45, 2.75) is 0 Å². The lowest BCUT2D eigenvalue weighted by molar-refractivity contribution is -0.114. The summed E-state index contributed by atoms with van der Waals surface area (Å²) in [4.78, 5) is 11.8. The van der Waals surface area contributed by atoms with Gasteiger partial charge in [-0.2, -0.15) is 0 Å². The van der Waals surface area contributed by atoms with Crippen molar-refractivity contribution in [1.29, 1.82) is 0 Å². The third kappa shape index (κ3) is 4.20. The fraction of sp³-hybridized carbons (Fsp3) is 0.0714. The molecule has 0 unspecified atom stereocenters. The van der Waals surface area contributed by atoms with E-state index in [4.69, 9.17) is 0 Å². The molecule has 2 aromatic carbocycles. The number of carbonyl (C=O) groups excluding carboxylic acids is 1. The van der Waals surface area contributed by atoms with Gasteiger partial charge in [-0.1, -0.05) is 18.2 Å². The summed E-state index contributed by atoms with van der Waals surface area (Å²) in [6, 6.07) is 13.5. The van der Waals surface area contributed by atoms with Crippen LogP contribution in [-0.4, -0.2) is 12.5 Å². The van der Waals surface area contributed by atoms with E-state index in [0.717, 1.165) is 9.26 Å². The number of anilines is 2. The van der Waals surface area contributed by atoms with Crippen LogP contribution in [0.3, 0.4) is 0 Å². The van der Waals surface area contributed by atoms with E-state index in [-0.39, 0.29) is 18.3 Å². The smallest absolute Gasteiger partial charge is 0.243 e. The van der Waals surface area contributed by atoms with E-state index in [1.165, 1.54) is 12.1 Å². The topological polar surface area (TPSA) is 41.1 Å². The first-order valence-corrected chi connectivity index (χ1v) is 6.77. The van der Waals surface area contributed by atoms with Crippen LogP contribution in [0.2, 0.25) is 0 Å². The molecular weight excluding hydrogens is 358 g/mol. The Morgan fingerprint density at radius 3 is 2.68 bits per heavy atom. The van der Waals surface area contributed by atoms with Crippen molar-refractivity contribution >= 4 is 39.9 Å². The molecule has 5 heteroatoms. The largest absolute Gasteiger partial charge is 0.376 e. The van der Waals surface area contributed by atoms with Crippen LogP contribution in [0.5, 0.6) is 0 Å². The molecule has 98 valence electrons. The number of hydrogen-bond donors (Lipinski definition) is 2. The zero-order valence-corrected chi connectivity index (χ0v) is 12.1. The Labute approximate surface area is 124 Å². The SMILES string of the molecule is O=C(CNc1cccc(F)c1)Nc1ccccc1I. The lowest BCUT2D eigenvalue weighted by Gasteiger charge is -2.09. The van der Waals surface area contributed by atoms with Crippen LogP contribution in [0, 0.1) is 9.39 Å². The Hall–Kier alpha value is -1.63. The molecule has 2 N–H and O–H groups in total. The van der Waals surface area contributed by atoms with Gasteiger partial charge in [0.25, 0.3) is 0 Å². The van der Waals surface area contributed by atoms with Crippen molar-refractivity contribution in [1.82, 2.24) is 0 Å². The Balaban J connectivity index is 1.90. The minimum Gasteiger partial charge on any atom is -0.376 e. The molecule has 0 saturated carbocycles. The fourth-order valence-electron chi connectivity index (χ4n) is 1.54. The molecule has 0 aliphatic heterocycles. The maximum Gasteiger partial charge on any atom is 0.243 e. The van der Waals surface area contributed by atoms with Crippen LogP contribution in [-0.2, 0) is 4.79 Å². The van der Waals surface area contributed by atoms with Gasteiger partial charge in [0.2, 0.25) is 5.91 Å². The number of hydrogen-bond acceptors (Lipinski definition) is 2. The number of halogens is 2. The molecule has 0 heterocycles. The van der Waals surface area contributed by atoms with Gasteiger partial charge < -0.3 is 10.6 Å². The van der Waals surface area contributed by atoms with Crippen LogP contribution in [0.1, 0.15) is 0 Å². The van der Waals surface area contributed by atoms with Gasteiger partial charge in [0.1, 0.15) is 5.82 Å². The van der Waals surface area contributed by atoms with Gasteiger partial charge in [-0.05, 0) is 52.9 Å². The molecule has 19 heavy (non-hydrogen) atoms. The number of rotatable bonds is 4. The van der Waals surface area contributed by atoms with Crippen molar-refractivity contribution in [3.05, 3.63) is 57.9 Å². The fourth-order valence-corrected chi connectivity index (χ4v) is 2.06. The van der Waals surface area contributed by atoms with Gasteiger partial charge >= 0.3 is 0 Å². The molecule has 0 atom stereocenters. The molecule has 3 nitrogen and oxygen atoms in total. The van der Waals surface area contributed by atoms with E-state index >= 15 is 0 Å². The first kappa shape index (κ1) is 13.8. The van der Waals surface area contributed by atoms with E-state index in [1.807, 2.05) is 24.3 Å². The van der Waals surface area contributed by atoms with Crippen molar-refractivity contribution in [2.24, 2.45) is 0 Å². The minimum atomic E-state index is -0.331. The maximum absolute atomic E-state index is 12.9. The number of para-hydroxylation sites is 1. The summed E-state index contributed by atoms with van der Waals surface area (Å²) in [6.07, 6.45) is 0. The highest BCUT2D eigenvalue weighted by molar-refractivity contribution is 14.1.